The van der Waals surface area contributed by atoms with Crippen molar-refractivity contribution in [1.82, 2.24) is 10.2 Å². The number of anilines is 1. The number of benzene rings is 1. The monoisotopic (exact) mass is 343 g/mol. The lowest BCUT2D eigenvalue weighted by atomic mass is 10.1. The van der Waals surface area contributed by atoms with Crippen LogP contribution in [-0.4, -0.2) is 49.6 Å². The van der Waals surface area contributed by atoms with Crippen molar-refractivity contribution < 1.29 is 4.79 Å². The lowest BCUT2D eigenvalue weighted by Crippen LogP contribution is -2.51. The average molecular weight is 344 g/mol. The van der Waals surface area contributed by atoms with E-state index in [1.165, 1.54) is 55.3 Å². The highest BCUT2D eigenvalue weighted by molar-refractivity contribution is 5.78. The van der Waals surface area contributed by atoms with E-state index in [2.05, 4.69) is 42.3 Å². The molecule has 1 aliphatic heterocycles. The van der Waals surface area contributed by atoms with Gasteiger partial charge in [-0.25, -0.2) is 0 Å². The molecule has 0 spiro atoms. The Labute approximate surface area is 152 Å². The summed E-state index contributed by atoms with van der Waals surface area (Å²) < 4.78 is 0. The van der Waals surface area contributed by atoms with Gasteiger partial charge in [-0.3, -0.25) is 4.79 Å². The zero-order chi connectivity index (χ0) is 17.6. The highest BCUT2D eigenvalue weighted by atomic mass is 16.2. The van der Waals surface area contributed by atoms with Crippen LogP contribution >= 0.6 is 0 Å². The minimum Gasteiger partial charge on any atom is -0.368 e. The molecule has 2 fully saturated rings. The molecule has 0 aromatic heterocycles. The molecule has 0 unspecified atom stereocenters. The molecule has 0 radical (unpaired) electrons. The van der Waals surface area contributed by atoms with Gasteiger partial charge in [-0.15, -0.1) is 0 Å². The first-order chi connectivity index (χ1) is 12.1. The van der Waals surface area contributed by atoms with Gasteiger partial charge in [-0.2, -0.15) is 0 Å². The molecule has 2 aliphatic rings. The largest absolute Gasteiger partial charge is 0.368 e. The van der Waals surface area contributed by atoms with Gasteiger partial charge >= 0.3 is 0 Å². The summed E-state index contributed by atoms with van der Waals surface area (Å²) in [7, 11) is 0. The summed E-state index contributed by atoms with van der Waals surface area (Å²) in [5, 5.41) is 3.51. The average Bonchev–Trinajstić information content (AvgIpc) is 2.91. The van der Waals surface area contributed by atoms with E-state index < -0.39 is 0 Å². The Morgan fingerprint density at radius 2 is 1.72 bits per heavy atom. The zero-order valence-electron chi connectivity index (χ0n) is 15.9. The number of carbonyl (C=O) groups is 1. The zero-order valence-corrected chi connectivity index (χ0v) is 15.9. The standard InChI is InChI=1S/C21H33N3O/c1-17-8-7-11-20(18(17)2)23-12-14-24(15-13-23)21(25)16-22-19-9-5-3-4-6-10-19/h7-8,11,19,22H,3-6,9-10,12-16H2,1-2H3. The molecule has 4 heteroatoms. The summed E-state index contributed by atoms with van der Waals surface area (Å²) >= 11 is 0. The van der Waals surface area contributed by atoms with E-state index in [0.717, 1.165) is 26.2 Å². The molecule has 4 nitrogen and oxygen atoms in total. The Kier molecular flexibility index (Phi) is 6.35. The van der Waals surface area contributed by atoms with Gasteiger partial charge in [0.25, 0.3) is 0 Å². The van der Waals surface area contributed by atoms with Crippen LogP contribution in [0, 0.1) is 13.8 Å². The number of nitrogens with zero attached hydrogens (tertiary/aromatic N) is 2. The van der Waals surface area contributed by atoms with Crippen molar-refractivity contribution in [3.63, 3.8) is 0 Å². The van der Waals surface area contributed by atoms with Gasteiger partial charge in [0, 0.05) is 37.9 Å². The van der Waals surface area contributed by atoms with E-state index >= 15 is 0 Å². The lowest BCUT2D eigenvalue weighted by molar-refractivity contribution is -0.130. The molecule has 0 bridgehead atoms. The summed E-state index contributed by atoms with van der Waals surface area (Å²) in [4.78, 5) is 17.0. The first-order valence-electron chi connectivity index (χ1n) is 9.97. The Hall–Kier alpha value is -1.55. The molecule has 0 atom stereocenters. The third-order valence-electron chi connectivity index (χ3n) is 5.95. The van der Waals surface area contributed by atoms with Gasteiger partial charge in [0.05, 0.1) is 6.54 Å². The highest BCUT2D eigenvalue weighted by Gasteiger charge is 2.23. The quantitative estimate of drug-likeness (QED) is 0.853. The summed E-state index contributed by atoms with van der Waals surface area (Å²) in [5.74, 6) is 0.268. The third-order valence-corrected chi connectivity index (χ3v) is 5.95. The third kappa shape index (κ3) is 4.75. The minimum absolute atomic E-state index is 0.268. The smallest absolute Gasteiger partial charge is 0.236 e. The molecule has 1 aliphatic carbocycles. The van der Waals surface area contributed by atoms with Crippen molar-refractivity contribution in [3.05, 3.63) is 29.3 Å². The second-order valence-electron chi connectivity index (χ2n) is 7.66. The second kappa shape index (κ2) is 8.70. The predicted octanol–water partition coefficient (Wildman–Crippen LogP) is 3.26. The number of piperazine rings is 1. The number of carbonyl (C=O) groups excluding carboxylic acids is 1. The van der Waals surface area contributed by atoms with Crippen LogP contribution in [0.1, 0.15) is 49.7 Å². The summed E-state index contributed by atoms with van der Waals surface area (Å²) in [6.07, 6.45) is 7.78. The molecule has 1 N–H and O–H groups in total. The Bertz CT molecular complexity index is 571. The topological polar surface area (TPSA) is 35.6 Å². The van der Waals surface area contributed by atoms with Crippen molar-refractivity contribution >= 4 is 11.6 Å². The van der Waals surface area contributed by atoms with Crippen LogP contribution in [0.15, 0.2) is 18.2 Å². The first kappa shape index (κ1) is 18.2. The maximum atomic E-state index is 12.5. The molecule has 1 amide bonds. The Morgan fingerprint density at radius 1 is 1.04 bits per heavy atom. The summed E-state index contributed by atoms with van der Waals surface area (Å²) in [6.45, 7) is 8.39. The predicted molar refractivity (Wildman–Crippen MR) is 104 cm³/mol. The molecular weight excluding hydrogens is 310 g/mol. The highest BCUT2D eigenvalue weighted by Crippen LogP contribution is 2.24. The molecule has 138 valence electrons. The van der Waals surface area contributed by atoms with Crippen LogP contribution in [0.2, 0.25) is 0 Å². The lowest BCUT2D eigenvalue weighted by Gasteiger charge is -2.37. The van der Waals surface area contributed by atoms with Crippen LogP contribution in [0.5, 0.6) is 0 Å². The number of hydrogen-bond acceptors (Lipinski definition) is 3. The number of amides is 1. The Morgan fingerprint density at radius 3 is 2.40 bits per heavy atom. The van der Waals surface area contributed by atoms with Gasteiger partial charge in [0.1, 0.15) is 0 Å². The van der Waals surface area contributed by atoms with Crippen LogP contribution in [-0.2, 0) is 4.79 Å². The van der Waals surface area contributed by atoms with E-state index in [9.17, 15) is 4.79 Å². The van der Waals surface area contributed by atoms with Crippen LogP contribution in [0.3, 0.4) is 0 Å². The van der Waals surface area contributed by atoms with E-state index in [1.54, 1.807) is 0 Å². The molecule has 1 heterocycles. The maximum Gasteiger partial charge on any atom is 0.236 e. The molecule has 3 rings (SSSR count). The van der Waals surface area contributed by atoms with E-state index in [-0.39, 0.29) is 5.91 Å². The van der Waals surface area contributed by atoms with Crippen molar-refractivity contribution in [1.29, 1.82) is 0 Å². The Balaban J connectivity index is 1.46. The first-order valence-corrected chi connectivity index (χ1v) is 9.97. The molecule has 1 saturated heterocycles. The van der Waals surface area contributed by atoms with Crippen LogP contribution in [0.25, 0.3) is 0 Å². The summed E-state index contributed by atoms with van der Waals surface area (Å²) in [5.41, 5.74) is 4.02. The van der Waals surface area contributed by atoms with E-state index in [1.807, 2.05) is 4.90 Å². The van der Waals surface area contributed by atoms with Crippen molar-refractivity contribution in [2.24, 2.45) is 0 Å². The molecular formula is C21H33N3O. The van der Waals surface area contributed by atoms with E-state index in [0.29, 0.717) is 12.6 Å². The maximum absolute atomic E-state index is 12.5. The molecule has 25 heavy (non-hydrogen) atoms. The summed E-state index contributed by atoms with van der Waals surface area (Å²) in [6, 6.07) is 7.04. The van der Waals surface area contributed by atoms with Crippen molar-refractivity contribution in [2.75, 3.05) is 37.6 Å². The normalized spacial score (nSPS) is 19.8. The van der Waals surface area contributed by atoms with Crippen molar-refractivity contribution in [3.8, 4) is 0 Å². The molecule has 1 saturated carbocycles. The van der Waals surface area contributed by atoms with Gasteiger partial charge < -0.3 is 15.1 Å². The second-order valence-corrected chi connectivity index (χ2v) is 7.66. The van der Waals surface area contributed by atoms with Gasteiger partial charge in [0.2, 0.25) is 5.91 Å². The fraction of sp³-hybridized carbons (Fsp3) is 0.667. The SMILES string of the molecule is Cc1cccc(N2CCN(C(=O)CNC3CCCCCC3)CC2)c1C. The number of nitrogens with one attached hydrogen (secondary N) is 1. The van der Waals surface area contributed by atoms with Gasteiger partial charge in [0.15, 0.2) is 0 Å². The fourth-order valence-corrected chi connectivity index (χ4v) is 4.10. The van der Waals surface area contributed by atoms with Gasteiger partial charge in [-0.1, -0.05) is 37.8 Å². The molecule has 1 aromatic rings. The van der Waals surface area contributed by atoms with Crippen molar-refractivity contribution in [2.45, 2.75) is 58.4 Å². The van der Waals surface area contributed by atoms with Crippen LogP contribution in [0.4, 0.5) is 5.69 Å². The van der Waals surface area contributed by atoms with Crippen LogP contribution < -0.4 is 10.2 Å². The fourth-order valence-electron chi connectivity index (χ4n) is 4.10. The number of rotatable bonds is 4. The van der Waals surface area contributed by atoms with Gasteiger partial charge in [-0.05, 0) is 43.9 Å². The number of aryl methyl sites for hydroxylation is 1. The minimum atomic E-state index is 0.268. The number of hydrogen-bond donors (Lipinski definition) is 1. The molecule has 1 aromatic carbocycles. The van der Waals surface area contributed by atoms with E-state index in [4.69, 9.17) is 0 Å².